The molecule has 6 heteroatoms. The van der Waals surface area contributed by atoms with E-state index in [1.165, 1.54) is 0 Å². The summed E-state index contributed by atoms with van der Waals surface area (Å²) in [7, 11) is 0. The number of carbonyl (C=O) groups is 2. The quantitative estimate of drug-likeness (QED) is 0.798. The molecule has 1 atom stereocenters. The molecule has 0 aromatic carbocycles. The van der Waals surface area contributed by atoms with Crippen LogP contribution in [0.3, 0.4) is 0 Å². The first-order valence-electron chi connectivity index (χ1n) is 8.14. The van der Waals surface area contributed by atoms with Crippen LogP contribution in [0.15, 0.2) is 0 Å². The molecule has 1 spiro atoms. The van der Waals surface area contributed by atoms with Crippen molar-refractivity contribution in [3.63, 3.8) is 0 Å². The van der Waals surface area contributed by atoms with Gasteiger partial charge in [0.15, 0.2) is 0 Å². The zero-order valence-corrected chi connectivity index (χ0v) is 14.2. The Morgan fingerprint density at radius 1 is 1.09 bits per heavy atom. The van der Waals surface area contributed by atoms with Crippen LogP contribution in [0.25, 0.3) is 0 Å². The van der Waals surface area contributed by atoms with E-state index < -0.39 is 11.6 Å². The van der Waals surface area contributed by atoms with E-state index in [9.17, 15) is 9.59 Å². The van der Waals surface area contributed by atoms with Crippen molar-refractivity contribution in [3.05, 3.63) is 0 Å². The summed E-state index contributed by atoms with van der Waals surface area (Å²) in [5, 5.41) is 0. The van der Waals surface area contributed by atoms with E-state index in [0.29, 0.717) is 13.1 Å². The fourth-order valence-corrected chi connectivity index (χ4v) is 3.31. The molecule has 2 aliphatic rings. The van der Waals surface area contributed by atoms with Gasteiger partial charge in [-0.1, -0.05) is 0 Å². The fraction of sp³-hybridized carbons (Fsp3) is 0.875. The molecule has 0 aromatic heterocycles. The van der Waals surface area contributed by atoms with Crippen LogP contribution in [-0.4, -0.2) is 59.6 Å². The number of nitrogens with two attached hydrogens (primary N) is 1. The van der Waals surface area contributed by atoms with Gasteiger partial charge in [-0.3, -0.25) is 4.79 Å². The maximum absolute atomic E-state index is 12.1. The minimum atomic E-state index is -0.458. The van der Waals surface area contributed by atoms with Gasteiger partial charge < -0.3 is 20.3 Å². The van der Waals surface area contributed by atoms with Crippen molar-refractivity contribution in [1.82, 2.24) is 9.80 Å². The molecule has 0 aliphatic carbocycles. The molecule has 2 saturated heterocycles. The Hall–Kier alpha value is -1.30. The van der Waals surface area contributed by atoms with Crippen LogP contribution in [-0.2, 0) is 9.53 Å². The number of likely N-dealkylation sites (tertiary alicyclic amines) is 2. The number of rotatable bonds is 1. The predicted octanol–water partition coefficient (Wildman–Crippen LogP) is 1.58. The average Bonchev–Trinajstić information content (AvgIpc) is 2.80. The summed E-state index contributed by atoms with van der Waals surface area (Å²) in [4.78, 5) is 27.8. The van der Waals surface area contributed by atoms with Gasteiger partial charge in [-0.15, -0.1) is 0 Å². The van der Waals surface area contributed by atoms with E-state index in [1.807, 2.05) is 25.7 Å². The summed E-state index contributed by atoms with van der Waals surface area (Å²) in [6, 6.07) is -0.433. The van der Waals surface area contributed by atoms with E-state index in [4.69, 9.17) is 10.5 Å². The standard InChI is InChI=1S/C16H29N3O3/c1-12(17)13(20)19-10-7-16(11-19)5-8-18(9-6-16)14(21)22-15(2,3)4/h12H,5-11,17H2,1-4H3. The Kier molecular flexibility index (Phi) is 4.70. The normalized spacial score (nSPS) is 22.8. The molecule has 2 amide bonds. The van der Waals surface area contributed by atoms with Crippen LogP contribution in [0.5, 0.6) is 0 Å². The van der Waals surface area contributed by atoms with Crippen LogP contribution in [0.2, 0.25) is 0 Å². The lowest BCUT2D eigenvalue weighted by molar-refractivity contribution is -0.131. The number of piperidine rings is 1. The first-order chi connectivity index (χ1) is 10.1. The Morgan fingerprint density at radius 2 is 1.59 bits per heavy atom. The van der Waals surface area contributed by atoms with Gasteiger partial charge in [0.1, 0.15) is 5.60 Å². The third-order valence-electron chi connectivity index (χ3n) is 4.62. The highest BCUT2D eigenvalue weighted by molar-refractivity contribution is 5.81. The largest absolute Gasteiger partial charge is 0.444 e. The number of hydrogen-bond donors (Lipinski definition) is 1. The van der Waals surface area contributed by atoms with Crippen molar-refractivity contribution in [2.75, 3.05) is 26.2 Å². The van der Waals surface area contributed by atoms with Gasteiger partial charge in [0, 0.05) is 26.2 Å². The summed E-state index contributed by atoms with van der Waals surface area (Å²) < 4.78 is 5.42. The van der Waals surface area contributed by atoms with E-state index in [1.54, 1.807) is 11.8 Å². The number of carbonyl (C=O) groups excluding carboxylic acids is 2. The molecule has 1 unspecified atom stereocenters. The lowest BCUT2D eigenvalue weighted by Crippen LogP contribution is -2.47. The second-order valence-electron chi connectivity index (χ2n) is 7.77. The highest BCUT2D eigenvalue weighted by Crippen LogP contribution is 2.40. The van der Waals surface area contributed by atoms with E-state index in [0.717, 1.165) is 32.4 Å². The maximum Gasteiger partial charge on any atom is 0.410 e. The average molecular weight is 311 g/mol. The number of ether oxygens (including phenoxy) is 1. The lowest BCUT2D eigenvalue weighted by Gasteiger charge is -2.39. The fourth-order valence-electron chi connectivity index (χ4n) is 3.31. The summed E-state index contributed by atoms with van der Waals surface area (Å²) in [5.41, 5.74) is 5.39. The van der Waals surface area contributed by atoms with Gasteiger partial charge in [0.05, 0.1) is 6.04 Å². The number of nitrogens with zero attached hydrogens (tertiary/aromatic N) is 2. The van der Waals surface area contributed by atoms with Crippen LogP contribution in [0, 0.1) is 5.41 Å². The van der Waals surface area contributed by atoms with Crippen molar-refractivity contribution >= 4 is 12.0 Å². The van der Waals surface area contributed by atoms with E-state index in [-0.39, 0.29) is 17.4 Å². The molecular weight excluding hydrogens is 282 g/mol. The highest BCUT2D eigenvalue weighted by atomic mass is 16.6. The van der Waals surface area contributed by atoms with Crippen LogP contribution in [0.4, 0.5) is 4.79 Å². The van der Waals surface area contributed by atoms with Crippen molar-refractivity contribution in [1.29, 1.82) is 0 Å². The first kappa shape index (κ1) is 17.1. The summed E-state index contributed by atoms with van der Waals surface area (Å²) in [6.07, 6.45) is 2.63. The van der Waals surface area contributed by atoms with Gasteiger partial charge in [0.25, 0.3) is 0 Å². The van der Waals surface area contributed by atoms with Gasteiger partial charge in [-0.05, 0) is 52.4 Å². The SMILES string of the molecule is CC(N)C(=O)N1CCC2(CCN(C(=O)OC(C)(C)C)CC2)C1. The molecule has 2 aliphatic heterocycles. The van der Waals surface area contributed by atoms with Gasteiger partial charge >= 0.3 is 6.09 Å². The zero-order chi connectivity index (χ0) is 16.5. The van der Waals surface area contributed by atoms with Crippen molar-refractivity contribution in [2.24, 2.45) is 11.1 Å². The van der Waals surface area contributed by atoms with E-state index >= 15 is 0 Å². The van der Waals surface area contributed by atoms with Gasteiger partial charge in [-0.2, -0.15) is 0 Å². The molecule has 0 aromatic rings. The Morgan fingerprint density at radius 3 is 2.05 bits per heavy atom. The van der Waals surface area contributed by atoms with Crippen LogP contribution >= 0.6 is 0 Å². The molecule has 22 heavy (non-hydrogen) atoms. The van der Waals surface area contributed by atoms with Crippen molar-refractivity contribution in [3.8, 4) is 0 Å². The molecule has 0 radical (unpaired) electrons. The molecule has 0 bridgehead atoms. The van der Waals surface area contributed by atoms with Crippen molar-refractivity contribution < 1.29 is 14.3 Å². The van der Waals surface area contributed by atoms with Crippen LogP contribution < -0.4 is 5.73 Å². The number of amides is 2. The molecule has 2 N–H and O–H groups in total. The van der Waals surface area contributed by atoms with Crippen molar-refractivity contribution in [2.45, 2.75) is 58.6 Å². The Bertz CT molecular complexity index is 434. The first-order valence-corrected chi connectivity index (χ1v) is 8.14. The minimum Gasteiger partial charge on any atom is -0.444 e. The third-order valence-corrected chi connectivity index (χ3v) is 4.62. The number of hydrogen-bond acceptors (Lipinski definition) is 4. The Labute approximate surface area is 132 Å². The topological polar surface area (TPSA) is 75.9 Å². The monoisotopic (exact) mass is 311 g/mol. The molecule has 6 nitrogen and oxygen atoms in total. The molecule has 2 heterocycles. The summed E-state index contributed by atoms with van der Waals surface area (Å²) >= 11 is 0. The summed E-state index contributed by atoms with van der Waals surface area (Å²) in [6.45, 7) is 10.3. The van der Waals surface area contributed by atoms with Crippen LogP contribution in [0.1, 0.15) is 47.0 Å². The molecule has 126 valence electrons. The zero-order valence-electron chi connectivity index (χ0n) is 14.2. The maximum atomic E-state index is 12.1. The van der Waals surface area contributed by atoms with Gasteiger partial charge in [-0.25, -0.2) is 4.79 Å². The third kappa shape index (κ3) is 3.91. The predicted molar refractivity (Wildman–Crippen MR) is 84.3 cm³/mol. The smallest absolute Gasteiger partial charge is 0.410 e. The molecule has 2 fully saturated rings. The molecular formula is C16H29N3O3. The summed E-state index contributed by atoms with van der Waals surface area (Å²) in [5.74, 6) is 0.0337. The Balaban J connectivity index is 1.87. The van der Waals surface area contributed by atoms with E-state index in [2.05, 4.69) is 0 Å². The second kappa shape index (κ2) is 6.07. The molecule has 0 saturated carbocycles. The minimum absolute atomic E-state index is 0.0337. The molecule has 2 rings (SSSR count). The second-order valence-corrected chi connectivity index (χ2v) is 7.77. The van der Waals surface area contributed by atoms with Gasteiger partial charge in [0.2, 0.25) is 5.91 Å². The lowest BCUT2D eigenvalue weighted by atomic mass is 9.78. The highest BCUT2D eigenvalue weighted by Gasteiger charge is 2.43.